The van der Waals surface area contributed by atoms with E-state index in [-0.39, 0.29) is 18.4 Å². The first kappa shape index (κ1) is 15.9. The second-order valence-electron chi connectivity index (χ2n) is 7.47. The summed E-state index contributed by atoms with van der Waals surface area (Å²) in [5.41, 5.74) is 0.893. The fourth-order valence-electron chi connectivity index (χ4n) is 3.40. The number of nitrogens with one attached hydrogen (secondary N) is 2. The van der Waals surface area contributed by atoms with Crippen molar-refractivity contribution >= 4 is 5.91 Å². The molecule has 0 spiro atoms. The van der Waals surface area contributed by atoms with E-state index in [1.165, 1.54) is 18.9 Å². The number of carbonyl (C=O) groups excluding carboxylic acids is 1. The van der Waals surface area contributed by atoms with E-state index in [0.717, 1.165) is 24.4 Å². The topological polar surface area (TPSA) is 41.1 Å². The lowest BCUT2D eigenvalue weighted by Crippen LogP contribution is -2.50. The van der Waals surface area contributed by atoms with Gasteiger partial charge in [0.15, 0.2) is 0 Å². The summed E-state index contributed by atoms with van der Waals surface area (Å²) in [5, 5.41) is 6.01. The van der Waals surface area contributed by atoms with Crippen LogP contribution in [0.2, 0.25) is 0 Å². The van der Waals surface area contributed by atoms with Crippen LogP contribution in [0.3, 0.4) is 0 Å². The Morgan fingerprint density at radius 2 is 2.00 bits per heavy atom. The maximum absolute atomic E-state index is 14.0. The van der Waals surface area contributed by atoms with Gasteiger partial charge in [0.1, 0.15) is 5.82 Å². The van der Waals surface area contributed by atoms with Crippen LogP contribution in [0.1, 0.15) is 53.9 Å². The number of halogens is 3. The molecule has 24 heavy (non-hydrogen) atoms. The number of hydrogen-bond donors (Lipinski definition) is 2. The van der Waals surface area contributed by atoms with Gasteiger partial charge in [-0.1, -0.05) is 6.07 Å². The quantitative estimate of drug-likeness (QED) is 0.836. The fourth-order valence-corrected chi connectivity index (χ4v) is 3.40. The van der Waals surface area contributed by atoms with Crippen LogP contribution in [0.4, 0.5) is 13.2 Å². The van der Waals surface area contributed by atoms with Crippen LogP contribution in [-0.4, -0.2) is 30.5 Å². The zero-order valence-corrected chi connectivity index (χ0v) is 13.3. The lowest BCUT2D eigenvalue weighted by atomic mass is 9.88. The Kier molecular flexibility index (Phi) is 3.82. The van der Waals surface area contributed by atoms with Gasteiger partial charge < -0.3 is 10.6 Å². The molecule has 0 bridgehead atoms. The monoisotopic (exact) mass is 338 g/mol. The largest absolute Gasteiger partial charge is 0.349 e. The van der Waals surface area contributed by atoms with Crippen LogP contribution in [0, 0.1) is 11.7 Å². The van der Waals surface area contributed by atoms with Crippen LogP contribution in [0.5, 0.6) is 0 Å². The van der Waals surface area contributed by atoms with Gasteiger partial charge >= 0.3 is 0 Å². The number of hydrogen-bond acceptors (Lipinski definition) is 2. The third kappa shape index (κ3) is 3.43. The SMILES string of the molecule is O=C(NC1CC(F)(F)C1)c1cc(C2CC2NCC2CC2)ccc1F. The highest BCUT2D eigenvalue weighted by Crippen LogP contribution is 2.42. The van der Waals surface area contributed by atoms with Gasteiger partial charge in [0.2, 0.25) is 0 Å². The minimum absolute atomic E-state index is 0.0458. The van der Waals surface area contributed by atoms with Crippen LogP contribution in [0.25, 0.3) is 0 Å². The Morgan fingerprint density at radius 1 is 1.25 bits per heavy atom. The predicted molar refractivity (Wildman–Crippen MR) is 83.7 cm³/mol. The summed E-state index contributed by atoms with van der Waals surface area (Å²) >= 11 is 0. The van der Waals surface area contributed by atoms with E-state index in [9.17, 15) is 18.0 Å². The van der Waals surface area contributed by atoms with E-state index >= 15 is 0 Å². The van der Waals surface area contributed by atoms with E-state index in [2.05, 4.69) is 10.6 Å². The molecule has 1 amide bonds. The predicted octanol–water partition coefficient (Wildman–Crippen LogP) is 3.21. The molecule has 3 aliphatic carbocycles. The van der Waals surface area contributed by atoms with E-state index in [1.54, 1.807) is 12.1 Å². The maximum atomic E-state index is 14.0. The molecule has 1 aromatic rings. The molecule has 0 heterocycles. The van der Waals surface area contributed by atoms with E-state index in [4.69, 9.17) is 0 Å². The zero-order chi connectivity index (χ0) is 16.9. The van der Waals surface area contributed by atoms with Crippen molar-refractivity contribution in [1.29, 1.82) is 0 Å². The molecule has 3 nitrogen and oxygen atoms in total. The molecule has 0 aromatic heterocycles. The van der Waals surface area contributed by atoms with Crippen molar-refractivity contribution in [3.8, 4) is 0 Å². The van der Waals surface area contributed by atoms with Crippen molar-refractivity contribution in [1.82, 2.24) is 10.6 Å². The fraction of sp³-hybridized carbons (Fsp3) is 0.611. The Balaban J connectivity index is 1.37. The average molecular weight is 338 g/mol. The summed E-state index contributed by atoms with van der Waals surface area (Å²) in [6.07, 6.45) is 2.86. The molecule has 3 saturated carbocycles. The molecule has 3 fully saturated rings. The Morgan fingerprint density at radius 3 is 2.67 bits per heavy atom. The van der Waals surface area contributed by atoms with E-state index in [1.807, 2.05) is 0 Å². The Labute approximate surface area is 139 Å². The molecule has 2 N–H and O–H groups in total. The number of rotatable bonds is 6. The van der Waals surface area contributed by atoms with Gasteiger partial charge in [0, 0.05) is 30.8 Å². The summed E-state index contributed by atoms with van der Waals surface area (Å²) in [4.78, 5) is 12.2. The first-order valence-electron chi connectivity index (χ1n) is 8.63. The van der Waals surface area contributed by atoms with Crippen LogP contribution in [0.15, 0.2) is 18.2 Å². The highest BCUT2D eigenvalue weighted by Gasteiger charge is 2.46. The summed E-state index contributed by atoms with van der Waals surface area (Å²) in [6.45, 7) is 1.03. The van der Waals surface area contributed by atoms with Crippen molar-refractivity contribution in [2.45, 2.75) is 56.0 Å². The summed E-state index contributed by atoms with van der Waals surface area (Å²) < 4.78 is 39.6. The van der Waals surface area contributed by atoms with Crippen LogP contribution < -0.4 is 10.6 Å². The minimum atomic E-state index is -2.70. The van der Waals surface area contributed by atoms with E-state index < -0.39 is 23.7 Å². The van der Waals surface area contributed by atoms with Crippen molar-refractivity contribution in [3.05, 3.63) is 35.1 Å². The summed E-state index contributed by atoms with van der Waals surface area (Å²) in [6, 6.07) is 4.43. The van der Waals surface area contributed by atoms with Gasteiger partial charge in [-0.3, -0.25) is 4.79 Å². The van der Waals surface area contributed by atoms with E-state index in [0.29, 0.717) is 12.0 Å². The molecule has 6 heteroatoms. The Bertz CT molecular complexity index is 652. The number of benzene rings is 1. The molecular weight excluding hydrogens is 317 g/mol. The zero-order valence-electron chi connectivity index (χ0n) is 13.3. The maximum Gasteiger partial charge on any atom is 0.254 e. The third-order valence-corrected chi connectivity index (χ3v) is 5.24. The lowest BCUT2D eigenvalue weighted by Gasteiger charge is -2.35. The average Bonchev–Trinajstić information content (AvgIpc) is 3.38. The molecule has 3 aliphatic rings. The molecule has 2 atom stereocenters. The summed E-state index contributed by atoms with van der Waals surface area (Å²) in [5.74, 6) is -2.79. The first-order chi connectivity index (χ1) is 11.4. The highest BCUT2D eigenvalue weighted by molar-refractivity contribution is 5.95. The molecule has 2 unspecified atom stereocenters. The second-order valence-corrected chi connectivity index (χ2v) is 7.47. The van der Waals surface area contributed by atoms with Crippen molar-refractivity contribution in [2.75, 3.05) is 6.54 Å². The van der Waals surface area contributed by atoms with Gasteiger partial charge in [-0.2, -0.15) is 0 Å². The second kappa shape index (κ2) is 5.76. The van der Waals surface area contributed by atoms with Crippen LogP contribution in [-0.2, 0) is 0 Å². The number of alkyl halides is 2. The number of carbonyl (C=O) groups is 1. The molecule has 130 valence electrons. The third-order valence-electron chi connectivity index (χ3n) is 5.24. The smallest absolute Gasteiger partial charge is 0.254 e. The van der Waals surface area contributed by atoms with Gasteiger partial charge in [0.05, 0.1) is 5.56 Å². The molecule has 0 radical (unpaired) electrons. The standard InChI is InChI=1S/C18H21F3N2O/c19-15-4-3-11(13-6-16(13)22-9-10-1-2-10)5-14(15)17(24)23-12-7-18(20,21)8-12/h3-5,10,12-13,16,22H,1-2,6-9H2,(H,23,24). The van der Waals surface area contributed by atoms with Crippen molar-refractivity contribution in [2.24, 2.45) is 5.92 Å². The van der Waals surface area contributed by atoms with Gasteiger partial charge in [-0.05, 0) is 49.4 Å². The first-order valence-corrected chi connectivity index (χ1v) is 8.63. The van der Waals surface area contributed by atoms with Gasteiger partial charge in [-0.25, -0.2) is 13.2 Å². The number of amides is 1. The van der Waals surface area contributed by atoms with Gasteiger partial charge in [0.25, 0.3) is 11.8 Å². The molecular formula is C18H21F3N2O. The van der Waals surface area contributed by atoms with Crippen molar-refractivity contribution in [3.63, 3.8) is 0 Å². The molecule has 4 rings (SSSR count). The minimum Gasteiger partial charge on any atom is -0.349 e. The molecule has 0 saturated heterocycles. The van der Waals surface area contributed by atoms with Crippen LogP contribution >= 0.6 is 0 Å². The Hall–Kier alpha value is -1.56. The lowest BCUT2D eigenvalue weighted by molar-refractivity contribution is -0.0901. The molecule has 0 aliphatic heterocycles. The normalized spacial score (nSPS) is 28.3. The highest BCUT2D eigenvalue weighted by atomic mass is 19.3. The van der Waals surface area contributed by atoms with Crippen molar-refractivity contribution < 1.29 is 18.0 Å². The van der Waals surface area contributed by atoms with Gasteiger partial charge in [-0.15, -0.1) is 0 Å². The summed E-state index contributed by atoms with van der Waals surface area (Å²) in [7, 11) is 0. The molecule has 1 aromatic carbocycles.